The Hall–Kier alpha value is -2.09. The first-order valence-corrected chi connectivity index (χ1v) is 7.43. The molecule has 0 saturated heterocycles. The van der Waals surface area contributed by atoms with Crippen molar-refractivity contribution >= 4 is 5.97 Å². The Morgan fingerprint density at radius 3 is 2.67 bits per heavy atom. The molecule has 2 nitrogen and oxygen atoms in total. The molecule has 1 aromatic carbocycles. The zero-order valence-electron chi connectivity index (χ0n) is 12.7. The predicted octanol–water partition coefficient (Wildman–Crippen LogP) is 4.41. The normalized spacial score (nSPS) is 23.5. The lowest BCUT2D eigenvalue weighted by Gasteiger charge is -2.29. The minimum absolute atomic E-state index is 0.0666. The van der Waals surface area contributed by atoms with Gasteiger partial charge in [-0.15, -0.1) is 6.58 Å². The SMILES string of the molecule is C=C[C@@H]1C[C@H](c2ccccc2)C(C(=O)OCC)=C/C1=C/C. The molecule has 0 spiro atoms. The van der Waals surface area contributed by atoms with Gasteiger partial charge < -0.3 is 4.74 Å². The van der Waals surface area contributed by atoms with Crippen molar-refractivity contribution in [1.29, 1.82) is 0 Å². The van der Waals surface area contributed by atoms with Crippen molar-refractivity contribution < 1.29 is 9.53 Å². The maximum atomic E-state index is 12.3. The van der Waals surface area contributed by atoms with Crippen molar-refractivity contribution in [3.63, 3.8) is 0 Å². The largest absolute Gasteiger partial charge is 0.463 e. The van der Waals surface area contributed by atoms with Crippen LogP contribution in [0.1, 0.15) is 31.7 Å². The van der Waals surface area contributed by atoms with Gasteiger partial charge in [0, 0.05) is 17.4 Å². The number of carbonyl (C=O) groups is 1. The fraction of sp³-hybridized carbons (Fsp3) is 0.316. The molecule has 0 N–H and O–H groups in total. The highest BCUT2D eigenvalue weighted by Gasteiger charge is 2.31. The number of carbonyl (C=O) groups excluding carboxylic acids is 1. The lowest BCUT2D eigenvalue weighted by Crippen LogP contribution is -2.22. The number of hydrogen-bond acceptors (Lipinski definition) is 2. The molecule has 0 radical (unpaired) electrons. The van der Waals surface area contributed by atoms with E-state index in [1.54, 1.807) is 0 Å². The summed E-state index contributed by atoms with van der Waals surface area (Å²) in [6.07, 6.45) is 6.85. The molecule has 2 atom stereocenters. The third-order valence-corrected chi connectivity index (χ3v) is 3.95. The monoisotopic (exact) mass is 282 g/mol. The number of hydrogen-bond donors (Lipinski definition) is 0. The number of ether oxygens (including phenoxy) is 1. The molecular formula is C19H22O2. The molecule has 21 heavy (non-hydrogen) atoms. The zero-order valence-corrected chi connectivity index (χ0v) is 12.7. The van der Waals surface area contributed by atoms with Crippen molar-refractivity contribution in [2.45, 2.75) is 26.2 Å². The summed E-state index contributed by atoms with van der Waals surface area (Å²) in [7, 11) is 0. The summed E-state index contributed by atoms with van der Waals surface area (Å²) in [5.74, 6) is 0.128. The molecule has 0 heterocycles. The van der Waals surface area contributed by atoms with Crippen LogP contribution >= 0.6 is 0 Å². The molecule has 0 unspecified atom stereocenters. The molecule has 1 aliphatic carbocycles. The molecule has 2 rings (SSSR count). The molecule has 0 amide bonds. The van der Waals surface area contributed by atoms with Gasteiger partial charge in [0.1, 0.15) is 0 Å². The van der Waals surface area contributed by atoms with Crippen LogP contribution in [0.4, 0.5) is 0 Å². The summed E-state index contributed by atoms with van der Waals surface area (Å²) in [5.41, 5.74) is 3.04. The molecular weight excluding hydrogens is 260 g/mol. The number of rotatable bonds is 4. The maximum absolute atomic E-state index is 12.3. The van der Waals surface area contributed by atoms with E-state index in [1.807, 2.05) is 50.3 Å². The lowest BCUT2D eigenvalue weighted by atomic mass is 9.75. The molecule has 0 aromatic heterocycles. The van der Waals surface area contributed by atoms with Crippen LogP contribution in [0.15, 0.2) is 66.3 Å². The van der Waals surface area contributed by atoms with Gasteiger partial charge in [-0.1, -0.05) is 42.5 Å². The van der Waals surface area contributed by atoms with Crippen LogP contribution < -0.4 is 0 Å². The summed E-state index contributed by atoms with van der Waals surface area (Å²) < 4.78 is 5.23. The van der Waals surface area contributed by atoms with Crippen molar-refractivity contribution in [2.75, 3.05) is 6.61 Å². The van der Waals surface area contributed by atoms with Gasteiger partial charge in [0.25, 0.3) is 0 Å². The average Bonchev–Trinajstić information content (AvgIpc) is 2.54. The summed E-state index contributed by atoms with van der Waals surface area (Å²) in [4.78, 5) is 12.3. The van der Waals surface area contributed by atoms with Gasteiger partial charge in [-0.05, 0) is 37.5 Å². The average molecular weight is 282 g/mol. The third-order valence-electron chi connectivity index (χ3n) is 3.95. The highest BCUT2D eigenvalue weighted by molar-refractivity contribution is 5.91. The van der Waals surface area contributed by atoms with Crippen molar-refractivity contribution in [3.05, 3.63) is 71.8 Å². The van der Waals surface area contributed by atoms with Crippen LogP contribution in [0.25, 0.3) is 0 Å². The Balaban J connectivity index is 2.45. The molecule has 0 bridgehead atoms. The summed E-state index contributed by atoms with van der Waals surface area (Å²) in [6.45, 7) is 8.16. The van der Waals surface area contributed by atoms with Crippen LogP contribution in [-0.4, -0.2) is 12.6 Å². The quantitative estimate of drug-likeness (QED) is 0.604. The Labute approximate surface area is 126 Å². The van der Waals surface area contributed by atoms with E-state index in [2.05, 4.69) is 18.7 Å². The Morgan fingerprint density at radius 1 is 1.38 bits per heavy atom. The van der Waals surface area contributed by atoms with E-state index in [-0.39, 0.29) is 17.8 Å². The van der Waals surface area contributed by atoms with E-state index >= 15 is 0 Å². The van der Waals surface area contributed by atoms with E-state index < -0.39 is 0 Å². The molecule has 110 valence electrons. The van der Waals surface area contributed by atoms with E-state index in [0.717, 1.165) is 23.1 Å². The summed E-state index contributed by atoms with van der Waals surface area (Å²) in [5, 5.41) is 0. The van der Waals surface area contributed by atoms with Crippen molar-refractivity contribution in [1.82, 2.24) is 0 Å². The van der Waals surface area contributed by atoms with Crippen LogP contribution in [0, 0.1) is 5.92 Å². The third kappa shape index (κ3) is 3.33. The molecule has 2 heteroatoms. The fourth-order valence-electron chi connectivity index (χ4n) is 2.85. The van der Waals surface area contributed by atoms with E-state index in [1.165, 1.54) is 0 Å². The lowest BCUT2D eigenvalue weighted by molar-refractivity contribution is -0.138. The van der Waals surface area contributed by atoms with Crippen molar-refractivity contribution in [2.24, 2.45) is 5.92 Å². The number of allylic oxidation sites excluding steroid dienone is 4. The minimum Gasteiger partial charge on any atom is -0.463 e. The smallest absolute Gasteiger partial charge is 0.334 e. The Kier molecular flexibility index (Phi) is 5.15. The second-order valence-corrected chi connectivity index (χ2v) is 5.15. The molecule has 0 saturated carbocycles. The van der Waals surface area contributed by atoms with Gasteiger partial charge in [-0.3, -0.25) is 0 Å². The van der Waals surface area contributed by atoms with Gasteiger partial charge in [-0.2, -0.15) is 0 Å². The second kappa shape index (κ2) is 7.07. The van der Waals surface area contributed by atoms with E-state index in [4.69, 9.17) is 4.74 Å². The van der Waals surface area contributed by atoms with Crippen LogP contribution in [0.3, 0.4) is 0 Å². The predicted molar refractivity (Wildman–Crippen MR) is 86.0 cm³/mol. The van der Waals surface area contributed by atoms with E-state index in [0.29, 0.717) is 6.61 Å². The fourth-order valence-corrected chi connectivity index (χ4v) is 2.85. The molecule has 0 aliphatic heterocycles. The van der Waals surface area contributed by atoms with Gasteiger partial charge in [0.05, 0.1) is 6.61 Å². The number of benzene rings is 1. The molecule has 1 aliphatic rings. The minimum atomic E-state index is -0.215. The molecule has 0 fully saturated rings. The van der Waals surface area contributed by atoms with Gasteiger partial charge >= 0.3 is 5.97 Å². The highest BCUT2D eigenvalue weighted by Crippen LogP contribution is 2.40. The second-order valence-electron chi connectivity index (χ2n) is 5.15. The zero-order chi connectivity index (χ0) is 15.2. The highest BCUT2D eigenvalue weighted by atomic mass is 16.5. The summed E-state index contributed by atoms with van der Waals surface area (Å²) in [6, 6.07) is 10.1. The summed E-state index contributed by atoms with van der Waals surface area (Å²) >= 11 is 0. The van der Waals surface area contributed by atoms with Gasteiger partial charge in [0.2, 0.25) is 0 Å². The Bertz CT molecular complexity index is 566. The van der Waals surface area contributed by atoms with Gasteiger partial charge in [-0.25, -0.2) is 4.79 Å². The first-order valence-electron chi connectivity index (χ1n) is 7.43. The van der Waals surface area contributed by atoms with E-state index in [9.17, 15) is 4.79 Å². The van der Waals surface area contributed by atoms with Crippen molar-refractivity contribution in [3.8, 4) is 0 Å². The standard InChI is InChI=1S/C19H22O2/c1-4-14-12-17(16-10-8-7-9-11-16)18(13-15(14)5-2)19(20)21-6-3/h4-5,7-11,13-14,17H,1,6,12H2,2-3H3/b15-5-/t14-,17-/m1/s1. The maximum Gasteiger partial charge on any atom is 0.334 e. The first kappa shape index (κ1) is 15.3. The Morgan fingerprint density at radius 2 is 2.10 bits per heavy atom. The van der Waals surface area contributed by atoms with Gasteiger partial charge in [0.15, 0.2) is 0 Å². The van der Waals surface area contributed by atoms with Crippen LogP contribution in [-0.2, 0) is 9.53 Å². The molecule has 1 aromatic rings. The topological polar surface area (TPSA) is 26.3 Å². The van der Waals surface area contributed by atoms with Crippen LogP contribution in [0.5, 0.6) is 0 Å². The number of esters is 1. The van der Waals surface area contributed by atoms with Crippen LogP contribution in [0.2, 0.25) is 0 Å². The first-order chi connectivity index (χ1) is 10.2.